The molecule has 2 aromatic heterocycles. The lowest BCUT2D eigenvalue weighted by Gasteiger charge is -2.23. The number of nitrogens with zero attached hydrogens (tertiary/aromatic N) is 3. The lowest BCUT2D eigenvalue weighted by molar-refractivity contribution is -0.156. The van der Waals surface area contributed by atoms with E-state index in [0.717, 1.165) is 5.56 Å². The fourth-order valence-corrected chi connectivity index (χ4v) is 4.16. The molecule has 3 aromatic rings. The molecule has 1 saturated carbocycles. The Morgan fingerprint density at radius 3 is 2.68 bits per heavy atom. The summed E-state index contributed by atoms with van der Waals surface area (Å²) in [6.45, 7) is 0. The zero-order chi connectivity index (χ0) is 23.9. The van der Waals surface area contributed by atoms with Crippen molar-refractivity contribution in [3.63, 3.8) is 0 Å². The number of aliphatic hydroxyl groups excluding tert-OH is 1. The molecule has 34 heavy (non-hydrogen) atoms. The van der Waals surface area contributed by atoms with Crippen molar-refractivity contribution in [3.8, 4) is 22.5 Å². The van der Waals surface area contributed by atoms with Gasteiger partial charge in [-0.05, 0) is 55.3 Å². The van der Waals surface area contributed by atoms with E-state index in [1.165, 1.54) is 12.1 Å². The molecule has 2 unspecified atom stereocenters. The third kappa shape index (κ3) is 4.32. The zero-order valence-electron chi connectivity index (χ0n) is 18.6. The number of hydrogen-bond acceptors (Lipinski definition) is 7. The maximum atomic E-state index is 13.7. The Bertz CT molecular complexity index is 1250. The number of ether oxygens (including phenoxy) is 1. The first-order chi connectivity index (χ1) is 16.4. The van der Waals surface area contributed by atoms with Gasteiger partial charge in [-0.1, -0.05) is 0 Å². The van der Waals surface area contributed by atoms with E-state index in [-0.39, 0.29) is 18.7 Å². The summed E-state index contributed by atoms with van der Waals surface area (Å²) in [6, 6.07) is 9.73. The van der Waals surface area contributed by atoms with Crippen LogP contribution in [0, 0.1) is 5.82 Å². The zero-order valence-corrected chi connectivity index (χ0v) is 18.6. The number of pyridine rings is 1. The molecular weight excluding hydrogens is 439 g/mol. The molecule has 5 rings (SSSR count). The molecule has 0 radical (unpaired) electrons. The number of hydrogen-bond donors (Lipinski definition) is 3. The van der Waals surface area contributed by atoms with Crippen molar-refractivity contribution >= 4 is 18.0 Å². The van der Waals surface area contributed by atoms with Crippen molar-refractivity contribution in [3.05, 3.63) is 60.3 Å². The highest BCUT2D eigenvalue weighted by atomic mass is 19.1. The van der Waals surface area contributed by atoms with Gasteiger partial charge in [0, 0.05) is 37.0 Å². The summed E-state index contributed by atoms with van der Waals surface area (Å²) < 4.78 is 20.9. The fourth-order valence-electron chi connectivity index (χ4n) is 4.16. The molecule has 3 N–H and O–H groups in total. The second-order valence-corrected chi connectivity index (χ2v) is 8.68. The van der Waals surface area contributed by atoms with Crippen LogP contribution >= 0.6 is 0 Å². The minimum absolute atomic E-state index is 0.0266. The number of anilines is 1. The van der Waals surface area contributed by atoms with Crippen LogP contribution in [-0.2, 0) is 15.1 Å². The normalized spacial score (nSPS) is 21.5. The molecule has 2 aliphatic rings. The monoisotopic (exact) mass is 464 g/mol. The molecule has 1 aromatic carbocycles. The van der Waals surface area contributed by atoms with Crippen LogP contribution in [0.15, 0.2) is 48.7 Å². The average Bonchev–Trinajstić information content (AvgIpc) is 3.44. The number of imidazole rings is 1. The van der Waals surface area contributed by atoms with Crippen molar-refractivity contribution < 1.29 is 24.1 Å². The summed E-state index contributed by atoms with van der Waals surface area (Å²) in [7, 11) is 1.77. The van der Waals surface area contributed by atoms with Crippen LogP contribution in [0.3, 0.4) is 0 Å². The maximum absolute atomic E-state index is 13.7. The van der Waals surface area contributed by atoms with Gasteiger partial charge in [0.25, 0.3) is 0 Å². The van der Waals surface area contributed by atoms with E-state index in [2.05, 4.69) is 10.3 Å². The van der Waals surface area contributed by atoms with E-state index < -0.39 is 23.8 Å². The SMILES string of the molecule is CNc1cc(-c2nc(C3(O)CC3)n(C=CC3CC(O)CC(=O)O3)c2-c2ccc(F)cc2)ccn1. The Balaban J connectivity index is 1.68. The highest BCUT2D eigenvalue weighted by Gasteiger charge is 2.47. The minimum Gasteiger partial charge on any atom is -0.458 e. The van der Waals surface area contributed by atoms with Gasteiger partial charge in [-0.15, -0.1) is 0 Å². The lowest BCUT2D eigenvalue weighted by atomic mass is 10.0. The summed E-state index contributed by atoms with van der Waals surface area (Å²) in [5.41, 5.74) is 1.65. The van der Waals surface area contributed by atoms with Crippen LogP contribution in [0.5, 0.6) is 0 Å². The molecular formula is C25H25FN4O4. The molecule has 176 valence electrons. The fraction of sp³-hybridized carbons (Fsp3) is 0.320. The van der Waals surface area contributed by atoms with Gasteiger partial charge in [-0.25, -0.2) is 14.4 Å². The first kappa shape index (κ1) is 22.2. The number of aliphatic hydroxyl groups is 2. The lowest BCUT2D eigenvalue weighted by Crippen LogP contribution is -2.31. The molecule has 1 aliphatic heterocycles. The molecule has 0 amide bonds. The number of halogens is 1. The molecule has 0 bridgehead atoms. The Morgan fingerprint density at radius 2 is 2.00 bits per heavy atom. The summed E-state index contributed by atoms with van der Waals surface area (Å²) in [6.07, 6.45) is 5.06. The Hall–Kier alpha value is -3.56. The van der Waals surface area contributed by atoms with Gasteiger partial charge in [0.05, 0.1) is 23.9 Å². The second-order valence-electron chi connectivity index (χ2n) is 8.68. The Labute approximate surface area is 195 Å². The van der Waals surface area contributed by atoms with Gasteiger partial charge >= 0.3 is 5.97 Å². The van der Waals surface area contributed by atoms with Crippen LogP contribution in [0.25, 0.3) is 28.7 Å². The van der Waals surface area contributed by atoms with E-state index >= 15 is 0 Å². The highest BCUT2D eigenvalue weighted by Crippen LogP contribution is 2.48. The van der Waals surface area contributed by atoms with Crippen LogP contribution in [0.2, 0.25) is 0 Å². The number of nitrogens with one attached hydrogen (secondary N) is 1. The van der Waals surface area contributed by atoms with Gasteiger partial charge < -0.3 is 24.8 Å². The summed E-state index contributed by atoms with van der Waals surface area (Å²) in [5, 5.41) is 24.0. The predicted octanol–water partition coefficient (Wildman–Crippen LogP) is 3.31. The standard InChI is InChI=1S/C25H25FN4O4/c1-27-20-12-16(6-10-28-20)22-23(15-2-4-17(26)5-3-15)30(24(29-22)25(33)8-9-25)11-7-19-13-18(31)14-21(32)34-19/h2-7,10-12,18-19,31,33H,8-9,13-14H2,1H3,(H,27,28). The molecule has 2 atom stereocenters. The van der Waals surface area contributed by atoms with Gasteiger partial charge in [0.1, 0.15) is 29.2 Å². The van der Waals surface area contributed by atoms with Crippen LogP contribution in [0.4, 0.5) is 10.2 Å². The number of carbonyl (C=O) groups excluding carboxylic acids is 1. The Kier molecular flexibility index (Phi) is 5.66. The van der Waals surface area contributed by atoms with E-state index in [4.69, 9.17) is 9.72 Å². The smallest absolute Gasteiger partial charge is 0.309 e. The van der Waals surface area contributed by atoms with Crippen molar-refractivity contribution in [1.29, 1.82) is 0 Å². The number of rotatable bonds is 6. The molecule has 9 heteroatoms. The van der Waals surface area contributed by atoms with Crippen molar-refractivity contribution in [2.45, 2.75) is 43.5 Å². The van der Waals surface area contributed by atoms with E-state index in [1.807, 2.05) is 12.1 Å². The van der Waals surface area contributed by atoms with Crippen LogP contribution < -0.4 is 5.32 Å². The number of esters is 1. The molecule has 0 spiro atoms. The van der Waals surface area contributed by atoms with E-state index in [9.17, 15) is 19.4 Å². The van der Waals surface area contributed by atoms with E-state index in [0.29, 0.717) is 41.4 Å². The molecule has 2 fully saturated rings. The summed E-state index contributed by atoms with van der Waals surface area (Å²) in [5.74, 6) is 0.277. The molecule has 1 saturated heterocycles. The summed E-state index contributed by atoms with van der Waals surface area (Å²) in [4.78, 5) is 20.9. The van der Waals surface area contributed by atoms with Crippen molar-refractivity contribution in [1.82, 2.24) is 14.5 Å². The number of benzene rings is 1. The van der Waals surface area contributed by atoms with Crippen LogP contribution in [-0.4, -0.2) is 50.0 Å². The molecule has 8 nitrogen and oxygen atoms in total. The average molecular weight is 464 g/mol. The maximum Gasteiger partial charge on any atom is 0.309 e. The van der Waals surface area contributed by atoms with E-state index in [1.54, 1.807) is 42.2 Å². The number of cyclic esters (lactones) is 1. The van der Waals surface area contributed by atoms with Gasteiger partial charge in [0.2, 0.25) is 0 Å². The highest BCUT2D eigenvalue weighted by molar-refractivity contribution is 5.82. The third-order valence-corrected chi connectivity index (χ3v) is 6.10. The van der Waals surface area contributed by atoms with Crippen molar-refractivity contribution in [2.75, 3.05) is 12.4 Å². The third-order valence-electron chi connectivity index (χ3n) is 6.10. The first-order valence-corrected chi connectivity index (χ1v) is 11.2. The predicted molar refractivity (Wildman–Crippen MR) is 124 cm³/mol. The largest absolute Gasteiger partial charge is 0.458 e. The number of carbonyl (C=O) groups is 1. The van der Waals surface area contributed by atoms with Gasteiger partial charge in [0.15, 0.2) is 0 Å². The number of aromatic nitrogens is 3. The second kappa shape index (κ2) is 8.66. The summed E-state index contributed by atoms with van der Waals surface area (Å²) >= 11 is 0. The Morgan fingerprint density at radius 1 is 1.24 bits per heavy atom. The first-order valence-electron chi connectivity index (χ1n) is 11.2. The van der Waals surface area contributed by atoms with Crippen LogP contribution in [0.1, 0.15) is 31.5 Å². The molecule has 3 heterocycles. The molecule has 1 aliphatic carbocycles. The van der Waals surface area contributed by atoms with Crippen molar-refractivity contribution in [2.24, 2.45) is 0 Å². The van der Waals surface area contributed by atoms with Gasteiger partial charge in [-0.2, -0.15) is 0 Å². The topological polar surface area (TPSA) is 110 Å². The quantitative estimate of drug-likeness (QED) is 0.480. The van der Waals surface area contributed by atoms with Gasteiger partial charge in [-0.3, -0.25) is 4.79 Å². The minimum atomic E-state index is -1.08.